The second-order valence-electron chi connectivity index (χ2n) is 3.85. The van der Waals surface area contributed by atoms with Crippen LogP contribution >= 0.6 is 0 Å². The maximum atomic E-state index is 5.66. The van der Waals surface area contributed by atoms with Gasteiger partial charge in [0.2, 0.25) is 0 Å². The van der Waals surface area contributed by atoms with Crippen molar-refractivity contribution in [1.29, 1.82) is 0 Å². The Morgan fingerprint density at radius 3 is 2.57 bits per heavy atom. The summed E-state index contributed by atoms with van der Waals surface area (Å²) < 4.78 is 11.2. The quantitative estimate of drug-likeness (QED) is 0.717. The van der Waals surface area contributed by atoms with Gasteiger partial charge < -0.3 is 9.47 Å². The zero-order valence-corrected chi connectivity index (χ0v) is 8.64. The van der Waals surface area contributed by atoms with Crippen LogP contribution in [-0.4, -0.2) is 19.0 Å². The summed E-state index contributed by atoms with van der Waals surface area (Å²) in [6.45, 7) is 4.89. The summed E-state index contributed by atoms with van der Waals surface area (Å²) in [5, 5.41) is 0. The van der Waals surface area contributed by atoms with Crippen molar-refractivity contribution in [3.63, 3.8) is 0 Å². The maximum Gasteiger partial charge on any atom is 0.164 e. The van der Waals surface area contributed by atoms with E-state index in [0.717, 1.165) is 0 Å². The normalized spacial score (nSPS) is 29.0. The summed E-state index contributed by atoms with van der Waals surface area (Å²) in [6.07, 6.45) is 0.151. The molecule has 3 atom stereocenters. The molecular weight excluding hydrogens is 176 g/mol. The highest BCUT2D eigenvalue weighted by Gasteiger charge is 2.28. The first-order valence-corrected chi connectivity index (χ1v) is 5.09. The predicted molar refractivity (Wildman–Crippen MR) is 55.1 cm³/mol. The molecule has 1 saturated heterocycles. The lowest BCUT2D eigenvalue weighted by Gasteiger charge is -2.18. The molecule has 1 fully saturated rings. The van der Waals surface area contributed by atoms with Crippen molar-refractivity contribution in [3.8, 4) is 0 Å². The van der Waals surface area contributed by atoms with Crippen molar-refractivity contribution < 1.29 is 9.47 Å². The molecule has 76 valence electrons. The monoisotopic (exact) mass is 192 g/mol. The van der Waals surface area contributed by atoms with Crippen molar-refractivity contribution >= 4 is 0 Å². The fourth-order valence-electron chi connectivity index (χ4n) is 1.71. The van der Waals surface area contributed by atoms with Crippen LogP contribution in [0.5, 0.6) is 0 Å². The van der Waals surface area contributed by atoms with Crippen LogP contribution < -0.4 is 0 Å². The van der Waals surface area contributed by atoms with E-state index in [-0.39, 0.29) is 12.4 Å². The molecule has 0 unspecified atom stereocenters. The van der Waals surface area contributed by atoms with Gasteiger partial charge in [0.05, 0.1) is 12.7 Å². The fraction of sp³-hybridized carbons (Fsp3) is 0.500. The van der Waals surface area contributed by atoms with Crippen LogP contribution in [0.2, 0.25) is 0 Å². The van der Waals surface area contributed by atoms with Crippen LogP contribution in [0.3, 0.4) is 0 Å². The second-order valence-corrected chi connectivity index (χ2v) is 3.85. The Bertz CT molecular complexity index is 284. The van der Waals surface area contributed by atoms with Gasteiger partial charge in [-0.1, -0.05) is 37.3 Å². The smallest absolute Gasteiger partial charge is 0.164 e. The van der Waals surface area contributed by atoms with Gasteiger partial charge in [-0.05, 0) is 12.5 Å². The minimum absolute atomic E-state index is 0.0765. The minimum Gasteiger partial charge on any atom is -0.349 e. The van der Waals surface area contributed by atoms with Crippen molar-refractivity contribution in [2.24, 2.45) is 0 Å². The second kappa shape index (κ2) is 4.11. The van der Waals surface area contributed by atoms with E-state index in [9.17, 15) is 0 Å². The summed E-state index contributed by atoms with van der Waals surface area (Å²) >= 11 is 0. The van der Waals surface area contributed by atoms with E-state index in [0.29, 0.717) is 12.5 Å². The highest BCUT2D eigenvalue weighted by molar-refractivity contribution is 5.19. The third kappa shape index (κ3) is 1.97. The molecule has 0 amide bonds. The zero-order chi connectivity index (χ0) is 9.97. The van der Waals surface area contributed by atoms with Crippen LogP contribution in [0, 0.1) is 0 Å². The van der Waals surface area contributed by atoms with Crippen molar-refractivity contribution in [1.82, 2.24) is 0 Å². The Hall–Kier alpha value is -0.860. The molecule has 1 aliphatic rings. The van der Waals surface area contributed by atoms with Gasteiger partial charge in [0.25, 0.3) is 0 Å². The number of benzene rings is 1. The van der Waals surface area contributed by atoms with E-state index < -0.39 is 0 Å². The molecule has 1 heterocycles. The molecule has 14 heavy (non-hydrogen) atoms. The molecule has 0 bridgehead atoms. The maximum absolute atomic E-state index is 5.66. The average Bonchev–Trinajstić information content (AvgIpc) is 2.65. The molecular formula is C12H16O2. The highest BCUT2D eigenvalue weighted by atomic mass is 16.7. The van der Waals surface area contributed by atoms with E-state index >= 15 is 0 Å². The van der Waals surface area contributed by atoms with Crippen LogP contribution in [0.4, 0.5) is 0 Å². The Balaban J connectivity index is 2.05. The number of ether oxygens (including phenoxy) is 2. The lowest BCUT2D eigenvalue weighted by atomic mass is 10.0. The number of rotatable bonds is 2. The topological polar surface area (TPSA) is 18.5 Å². The molecule has 0 N–H and O–H groups in total. The predicted octanol–water partition coefficient (Wildman–Crippen LogP) is 2.55. The summed E-state index contributed by atoms with van der Waals surface area (Å²) in [7, 11) is 0. The molecule has 1 aliphatic heterocycles. The summed E-state index contributed by atoms with van der Waals surface area (Å²) in [5.41, 5.74) is 1.27. The van der Waals surface area contributed by atoms with Gasteiger partial charge in [-0.3, -0.25) is 0 Å². The molecule has 0 saturated carbocycles. The van der Waals surface area contributed by atoms with Crippen molar-refractivity contribution in [3.05, 3.63) is 35.9 Å². The lowest BCUT2D eigenvalue weighted by molar-refractivity contribution is -0.0691. The van der Waals surface area contributed by atoms with Gasteiger partial charge in [0.1, 0.15) is 0 Å². The molecule has 1 aromatic rings. The van der Waals surface area contributed by atoms with E-state index in [1.165, 1.54) is 5.56 Å². The van der Waals surface area contributed by atoms with Crippen LogP contribution in [0.25, 0.3) is 0 Å². The van der Waals surface area contributed by atoms with Gasteiger partial charge >= 0.3 is 0 Å². The minimum atomic E-state index is -0.0765. The van der Waals surface area contributed by atoms with Gasteiger partial charge in [-0.15, -0.1) is 0 Å². The average molecular weight is 192 g/mol. The summed E-state index contributed by atoms with van der Waals surface area (Å²) in [5.74, 6) is 0.307. The Morgan fingerprint density at radius 2 is 2.00 bits per heavy atom. The van der Waals surface area contributed by atoms with Crippen LogP contribution in [0.1, 0.15) is 25.3 Å². The standard InChI is InChI=1S/C12H16O2/c1-9-8-13-12(14-9)10(2)11-6-4-3-5-7-11/h3-7,9-10,12H,8H2,1-2H3/t9-,10-,12+/m1/s1. The molecule has 2 rings (SSSR count). The Labute approximate surface area is 84.8 Å². The van der Waals surface area contributed by atoms with E-state index in [4.69, 9.17) is 9.47 Å². The Morgan fingerprint density at radius 1 is 1.29 bits per heavy atom. The van der Waals surface area contributed by atoms with Crippen LogP contribution in [0.15, 0.2) is 30.3 Å². The third-order valence-corrected chi connectivity index (χ3v) is 2.60. The number of hydrogen-bond acceptors (Lipinski definition) is 2. The molecule has 0 radical (unpaired) electrons. The Kier molecular flexibility index (Phi) is 2.85. The lowest BCUT2D eigenvalue weighted by Crippen LogP contribution is -2.17. The van der Waals surface area contributed by atoms with Gasteiger partial charge in [0, 0.05) is 5.92 Å². The largest absolute Gasteiger partial charge is 0.349 e. The molecule has 2 nitrogen and oxygen atoms in total. The van der Waals surface area contributed by atoms with E-state index in [1.54, 1.807) is 0 Å². The summed E-state index contributed by atoms with van der Waals surface area (Å²) in [6, 6.07) is 10.3. The molecule has 0 aromatic heterocycles. The van der Waals surface area contributed by atoms with E-state index in [1.807, 2.05) is 25.1 Å². The summed E-state index contributed by atoms with van der Waals surface area (Å²) in [4.78, 5) is 0. The van der Waals surface area contributed by atoms with E-state index in [2.05, 4.69) is 19.1 Å². The van der Waals surface area contributed by atoms with Crippen molar-refractivity contribution in [2.45, 2.75) is 32.2 Å². The zero-order valence-electron chi connectivity index (χ0n) is 8.64. The first kappa shape index (κ1) is 9.69. The molecule has 1 aromatic carbocycles. The third-order valence-electron chi connectivity index (χ3n) is 2.60. The first-order chi connectivity index (χ1) is 6.77. The molecule has 2 heteroatoms. The van der Waals surface area contributed by atoms with Gasteiger partial charge in [0.15, 0.2) is 6.29 Å². The molecule has 0 aliphatic carbocycles. The van der Waals surface area contributed by atoms with Gasteiger partial charge in [-0.25, -0.2) is 0 Å². The highest BCUT2D eigenvalue weighted by Crippen LogP contribution is 2.26. The fourth-order valence-corrected chi connectivity index (χ4v) is 1.71. The van der Waals surface area contributed by atoms with Crippen LogP contribution in [-0.2, 0) is 9.47 Å². The SMILES string of the molecule is C[C@@H]1CO[C@H]([C@H](C)c2ccccc2)O1. The van der Waals surface area contributed by atoms with Gasteiger partial charge in [-0.2, -0.15) is 0 Å². The first-order valence-electron chi connectivity index (χ1n) is 5.09. The van der Waals surface area contributed by atoms with Crippen molar-refractivity contribution in [2.75, 3.05) is 6.61 Å². The number of hydrogen-bond donors (Lipinski definition) is 0. The molecule has 0 spiro atoms.